The molecule has 0 fully saturated rings. The summed E-state index contributed by atoms with van der Waals surface area (Å²) in [5, 5.41) is 8.02. The van der Waals surface area contributed by atoms with Crippen LogP contribution in [0.15, 0.2) is 36.5 Å². The predicted octanol–water partition coefficient (Wildman–Crippen LogP) is 4.38. The fraction of sp³-hybridized carbons (Fsp3) is 0.400. The van der Waals surface area contributed by atoms with Crippen molar-refractivity contribution in [2.24, 2.45) is 5.92 Å². The molecule has 132 valence electrons. The van der Waals surface area contributed by atoms with Gasteiger partial charge in [-0.05, 0) is 37.3 Å². The molecule has 3 N–H and O–H groups in total. The molecule has 0 saturated heterocycles. The lowest BCUT2D eigenvalue weighted by molar-refractivity contribution is 0.606. The molecule has 0 bridgehead atoms. The fourth-order valence-corrected chi connectivity index (χ4v) is 2.87. The van der Waals surface area contributed by atoms with Crippen LogP contribution in [0.5, 0.6) is 0 Å². The summed E-state index contributed by atoms with van der Waals surface area (Å²) in [5.41, 5.74) is 3.46. The SMILES string of the molecule is Cc1cc(NCCC(C)C)nc(NCCc2c[nH]c3ccccc23)n1. The highest BCUT2D eigenvalue weighted by Gasteiger charge is 2.05. The van der Waals surface area contributed by atoms with Crippen molar-refractivity contribution in [2.75, 3.05) is 23.7 Å². The van der Waals surface area contributed by atoms with Crippen LogP contribution in [0, 0.1) is 12.8 Å². The van der Waals surface area contributed by atoms with Crippen LogP contribution in [0.4, 0.5) is 11.8 Å². The van der Waals surface area contributed by atoms with Crippen LogP contribution in [0.25, 0.3) is 10.9 Å². The van der Waals surface area contributed by atoms with Gasteiger partial charge < -0.3 is 15.6 Å². The highest BCUT2D eigenvalue weighted by atomic mass is 15.1. The Balaban J connectivity index is 1.58. The van der Waals surface area contributed by atoms with E-state index < -0.39 is 0 Å². The maximum Gasteiger partial charge on any atom is 0.224 e. The van der Waals surface area contributed by atoms with E-state index in [0.29, 0.717) is 11.9 Å². The van der Waals surface area contributed by atoms with Crippen molar-refractivity contribution in [2.45, 2.75) is 33.6 Å². The first kappa shape index (κ1) is 17.3. The largest absolute Gasteiger partial charge is 0.370 e. The number of hydrogen-bond donors (Lipinski definition) is 3. The second kappa shape index (κ2) is 8.01. The molecular weight excluding hydrogens is 310 g/mol. The molecule has 0 aliphatic rings. The van der Waals surface area contributed by atoms with E-state index in [4.69, 9.17) is 0 Å². The number of benzene rings is 1. The number of aryl methyl sites for hydroxylation is 1. The van der Waals surface area contributed by atoms with Crippen LogP contribution in [0.1, 0.15) is 31.5 Å². The van der Waals surface area contributed by atoms with E-state index in [1.165, 1.54) is 16.5 Å². The van der Waals surface area contributed by atoms with Gasteiger partial charge in [0.25, 0.3) is 0 Å². The smallest absolute Gasteiger partial charge is 0.224 e. The summed E-state index contributed by atoms with van der Waals surface area (Å²) in [5.74, 6) is 2.26. The lowest BCUT2D eigenvalue weighted by Gasteiger charge is -2.11. The van der Waals surface area contributed by atoms with Crippen molar-refractivity contribution < 1.29 is 0 Å². The molecule has 25 heavy (non-hydrogen) atoms. The van der Waals surface area contributed by atoms with E-state index >= 15 is 0 Å². The van der Waals surface area contributed by atoms with Crippen LogP contribution in [0.2, 0.25) is 0 Å². The molecular formula is C20H27N5. The minimum Gasteiger partial charge on any atom is -0.370 e. The quantitative estimate of drug-likeness (QED) is 0.571. The summed E-state index contributed by atoms with van der Waals surface area (Å²) < 4.78 is 0. The maximum absolute atomic E-state index is 4.57. The summed E-state index contributed by atoms with van der Waals surface area (Å²) in [6, 6.07) is 10.4. The number of fused-ring (bicyclic) bond motifs is 1. The van der Waals surface area contributed by atoms with E-state index in [1.807, 2.05) is 13.0 Å². The third kappa shape index (κ3) is 4.72. The molecule has 0 aliphatic heterocycles. The number of rotatable bonds is 8. The number of nitrogens with one attached hydrogen (secondary N) is 3. The van der Waals surface area contributed by atoms with Crippen LogP contribution < -0.4 is 10.6 Å². The Kier molecular flexibility index (Phi) is 5.53. The van der Waals surface area contributed by atoms with E-state index in [9.17, 15) is 0 Å². The van der Waals surface area contributed by atoms with Gasteiger partial charge in [-0.25, -0.2) is 4.98 Å². The molecule has 5 nitrogen and oxygen atoms in total. The zero-order valence-corrected chi connectivity index (χ0v) is 15.3. The molecule has 0 atom stereocenters. The Morgan fingerprint density at radius 2 is 1.92 bits per heavy atom. The summed E-state index contributed by atoms with van der Waals surface area (Å²) in [6.07, 6.45) is 4.14. The minimum atomic E-state index is 0.684. The zero-order chi connectivity index (χ0) is 17.6. The molecule has 0 unspecified atom stereocenters. The average Bonchev–Trinajstić information content (AvgIpc) is 2.97. The highest BCUT2D eigenvalue weighted by Crippen LogP contribution is 2.18. The molecule has 2 aromatic heterocycles. The molecule has 0 radical (unpaired) electrons. The number of H-pyrrole nitrogens is 1. The number of nitrogens with zero attached hydrogens (tertiary/aromatic N) is 2. The van der Waals surface area contributed by atoms with E-state index in [2.05, 4.69) is 69.9 Å². The Morgan fingerprint density at radius 1 is 1.08 bits per heavy atom. The summed E-state index contributed by atoms with van der Waals surface area (Å²) in [6.45, 7) is 8.19. The van der Waals surface area contributed by atoms with Crippen molar-refractivity contribution in [3.63, 3.8) is 0 Å². The maximum atomic E-state index is 4.57. The Morgan fingerprint density at radius 3 is 2.76 bits per heavy atom. The van der Waals surface area contributed by atoms with Gasteiger partial charge >= 0.3 is 0 Å². The van der Waals surface area contributed by atoms with Gasteiger partial charge in [-0.3, -0.25) is 0 Å². The lowest BCUT2D eigenvalue weighted by atomic mass is 10.1. The molecule has 0 aliphatic carbocycles. The summed E-state index contributed by atoms with van der Waals surface area (Å²) in [7, 11) is 0. The molecule has 5 heteroatoms. The molecule has 0 saturated carbocycles. The molecule has 3 aromatic rings. The summed E-state index contributed by atoms with van der Waals surface area (Å²) in [4.78, 5) is 12.4. The molecule has 1 aromatic carbocycles. The van der Waals surface area contributed by atoms with Gasteiger partial charge in [0.15, 0.2) is 0 Å². The standard InChI is InChI=1S/C20H27N5/c1-14(2)8-10-21-19-12-15(3)24-20(25-19)22-11-9-16-13-23-18-7-5-4-6-17(16)18/h4-7,12-14,23H,8-11H2,1-3H3,(H2,21,22,24,25). The molecule has 2 heterocycles. The normalized spacial score (nSPS) is 11.2. The van der Waals surface area contributed by atoms with Gasteiger partial charge in [-0.1, -0.05) is 32.0 Å². The average molecular weight is 337 g/mol. The first-order valence-corrected chi connectivity index (χ1v) is 9.00. The highest BCUT2D eigenvalue weighted by molar-refractivity contribution is 5.83. The predicted molar refractivity (Wildman–Crippen MR) is 105 cm³/mol. The topological polar surface area (TPSA) is 65.6 Å². The van der Waals surface area contributed by atoms with Crippen molar-refractivity contribution in [3.05, 3.63) is 47.8 Å². The Bertz CT molecular complexity index is 822. The number of anilines is 2. The van der Waals surface area contributed by atoms with Crippen molar-refractivity contribution in [1.82, 2.24) is 15.0 Å². The van der Waals surface area contributed by atoms with Crippen molar-refractivity contribution in [3.8, 4) is 0 Å². The summed E-state index contributed by atoms with van der Waals surface area (Å²) >= 11 is 0. The van der Waals surface area contributed by atoms with Crippen molar-refractivity contribution >= 4 is 22.7 Å². The lowest BCUT2D eigenvalue weighted by Crippen LogP contribution is -2.11. The van der Waals surface area contributed by atoms with E-state index in [-0.39, 0.29) is 0 Å². The fourth-order valence-electron chi connectivity index (χ4n) is 2.87. The van der Waals surface area contributed by atoms with Crippen LogP contribution in [0.3, 0.4) is 0 Å². The van der Waals surface area contributed by atoms with Gasteiger partial charge in [0.2, 0.25) is 5.95 Å². The van der Waals surface area contributed by atoms with Crippen LogP contribution in [-0.4, -0.2) is 28.0 Å². The Labute approximate surface area is 149 Å². The Hall–Kier alpha value is -2.56. The minimum absolute atomic E-state index is 0.684. The number of aromatic nitrogens is 3. The van der Waals surface area contributed by atoms with Crippen molar-refractivity contribution in [1.29, 1.82) is 0 Å². The molecule has 0 amide bonds. The van der Waals surface area contributed by atoms with E-state index in [0.717, 1.165) is 37.4 Å². The molecule has 0 spiro atoms. The first-order chi connectivity index (χ1) is 12.1. The van der Waals surface area contributed by atoms with Crippen LogP contribution >= 0.6 is 0 Å². The first-order valence-electron chi connectivity index (χ1n) is 9.00. The van der Waals surface area contributed by atoms with Gasteiger partial charge in [0.05, 0.1) is 0 Å². The second-order valence-electron chi connectivity index (χ2n) is 6.86. The molecule has 3 rings (SSSR count). The second-order valence-corrected chi connectivity index (χ2v) is 6.86. The third-order valence-corrected chi connectivity index (χ3v) is 4.23. The van der Waals surface area contributed by atoms with E-state index in [1.54, 1.807) is 0 Å². The third-order valence-electron chi connectivity index (χ3n) is 4.23. The van der Waals surface area contributed by atoms with Gasteiger partial charge in [-0.2, -0.15) is 4.98 Å². The zero-order valence-electron chi connectivity index (χ0n) is 15.3. The van der Waals surface area contributed by atoms with Gasteiger partial charge in [-0.15, -0.1) is 0 Å². The monoisotopic (exact) mass is 337 g/mol. The number of para-hydroxylation sites is 1. The number of aromatic amines is 1. The number of hydrogen-bond acceptors (Lipinski definition) is 4. The van der Waals surface area contributed by atoms with Gasteiger partial charge in [0, 0.05) is 41.9 Å². The van der Waals surface area contributed by atoms with Crippen LogP contribution in [-0.2, 0) is 6.42 Å². The van der Waals surface area contributed by atoms with Gasteiger partial charge in [0.1, 0.15) is 5.82 Å².